The Morgan fingerprint density at radius 3 is 2.95 bits per heavy atom. The second-order valence-corrected chi connectivity index (χ2v) is 4.33. The maximum Gasteiger partial charge on any atom is 0.295 e. The summed E-state index contributed by atoms with van der Waals surface area (Å²) in [5, 5.41) is 17.4. The van der Waals surface area contributed by atoms with Crippen LogP contribution in [0.4, 0.5) is 11.7 Å². The van der Waals surface area contributed by atoms with Gasteiger partial charge in [-0.3, -0.25) is 10.1 Å². The van der Waals surface area contributed by atoms with Gasteiger partial charge in [0.1, 0.15) is 5.52 Å². The predicted molar refractivity (Wildman–Crippen MR) is 71.9 cm³/mol. The highest BCUT2D eigenvalue weighted by molar-refractivity contribution is 5.77. The Bertz CT molecular complexity index is 794. The van der Waals surface area contributed by atoms with Crippen molar-refractivity contribution in [3.05, 3.63) is 40.0 Å². The van der Waals surface area contributed by atoms with Crippen LogP contribution >= 0.6 is 0 Å². The van der Waals surface area contributed by atoms with E-state index >= 15 is 0 Å². The second-order valence-electron chi connectivity index (χ2n) is 4.33. The van der Waals surface area contributed by atoms with Crippen LogP contribution in [0, 0.1) is 17.0 Å². The molecule has 0 fully saturated rings. The summed E-state index contributed by atoms with van der Waals surface area (Å²) < 4.78 is 10.3. The molecule has 3 aromatic rings. The van der Waals surface area contributed by atoms with Crippen molar-refractivity contribution >= 4 is 22.8 Å². The zero-order valence-corrected chi connectivity index (χ0v) is 11.1. The normalized spacial score (nSPS) is 10.9. The van der Waals surface area contributed by atoms with E-state index in [1.807, 2.05) is 0 Å². The molecule has 0 spiro atoms. The summed E-state index contributed by atoms with van der Waals surface area (Å²) in [4.78, 5) is 18.5. The molecule has 9 nitrogen and oxygen atoms in total. The lowest BCUT2D eigenvalue weighted by molar-refractivity contribution is -0.384. The molecule has 108 valence electrons. The first kappa shape index (κ1) is 13.0. The van der Waals surface area contributed by atoms with Gasteiger partial charge in [0.15, 0.2) is 11.4 Å². The molecule has 1 N–H and O–H groups in total. The summed E-state index contributed by atoms with van der Waals surface area (Å²) in [6.07, 6.45) is 0.552. The van der Waals surface area contributed by atoms with Gasteiger partial charge in [-0.05, 0) is 6.07 Å². The quantitative estimate of drug-likeness (QED) is 0.559. The van der Waals surface area contributed by atoms with Crippen molar-refractivity contribution in [3.8, 4) is 0 Å². The number of nitro benzene ring substituents is 1. The molecular formula is C12H11N5O4. The molecule has 0 aliphatic rings. The zero-order chi connectivity index (χ0) is 14.8. The molecule has 0 saturated carbocycles. The topological polar surface area (TPSA) is 120 Å². The summed E-state index contributed by atoms with van der Waals surface area (Å²) in [5.41, 5.74) is 0.882. The summed E-state index contributed by atoms with van der Waals surface area (Å²) in [7, 11) is 0. The van der Waals surface area contributed by atoms with Crippen molar-refractivity contribution in [2.24, 2.45) is 0 Å². The standard InChI is InChI=1S/C12H11N5O4/c1-7-14-11(16-21-7)4-5-13-12-15-9-3-2-8(17(18)19)6-10(9)20-12/h2-3,6H,4-5H2,1H3,(H,13,15). The van der Waals surface area contributed by atoms with Crippen LogP contribution in [0.3, 0.4) is 0 Å². The Morgan fingerprint density at radius 1 is 1.38 bits per heavy atom. The van der Waals surface area contributed by atoms with Crippen molar-refractivity contribution in [3.63, 3.8) is 0 Å². The van der Waals surface area contributed by atoms with Gasteiger partial charge in [0.2, 0.25) is 5.89 Å². The van der Waals surface area contributed by atoms with E-state index in [9.17, 15) is 10.1 Å². The lowest BCUT2D eigenvalue weighted by Gasteiger charge is -1.97. The fraction of sp³-hybridized carbons (Fsp3) is 0.250. The first-order chi connectivity index (χ1) is 10.1. The molecule has 0 amide bonds. The third-order valence-electron chi connectivity index (χ3n) is 2.78. The van der Waals surface area contributed by atoms with Gasteiger partial charge in [-0.1, -0.05) is 5.16 Å². The SMILES string of the molecule is Cc1nc(CCNc2nc3ccc([N+](=O)[O-])cc3o2)no1. The largest absolute Gasteiger partial charge is 0.423 e. The molecule has 0 unspecified atom stereocenters. The van der Waals surface area contributed by atoms with Crippen LogP contribution in [-0.2, 0) is 6.42 Å². The first-order valence-electron chi connectivity index (χ1n) is 6.20. The highest BCUT2D eigenvalue weighted by Crippen LogP contribution is 2.23. The first-order valence-corrected chi connectivity index (χ1v) is 6.20. The van der Waals surface area contributed by atoms with Crippen LogP contribution < -0.4 is 5.32 Å². The summed E-state index contributed by atoms with van der Waals surface area (Å²) in [6.45, 7) is 2.23. The Labute approximate surface area is 118 Å². The summed E-state index contributed by atoms with van der Waals surface area (Å²) in [5.74, 6) is 1.10. The van der Waals surface area contributed by atoms with Gasteiger partial charge < -0.3 is 14.3 Å². The van der Waals surface area contributed by atoms with Crippen LogP contribution in [0.2, 0.25) is 0 Å². The number of nitro groups is 1. The predicted octanol–water partition coefficient (Wildman–Crippen LogP) is 2.08. The molecule has 0 radical (unpaired) electrons. The van der Waals surface area contributed by atoms with Crippen molar-refractivity contribution in [2.45, 2.75) is 13.3 Å². The third-order valence-corrected chi connectivity index (χ3v) is 2.78. The van der Waals surface area contributed by atoms with Gasteiger partial charge in [-0.2, -0.15) is 9.97 Å². The van der Waals surface area contributed by atoms with E-state index in [1.165, 1.54) is 12.1 Å². The Balaban J connectivity index is 1.68. The number of benzene rings is 1. The molecule has 2 aromatic heterocycles. The number of aromatic nitrogens is 3. The van der Waals surface area contributed by atoms with Gasteiger partial charge in [0.05, 0.1) is 11.0 Å². The minimum atomic E-state index is -0.479. The van der Waals surface area contributed by atoms with Gasteiger partial charge >= 0.3 is 0 Å². The number of oxazole rings is 1. The van der Waals surface area contributed by atoms with Gasteiger partial charge in [0.25, 0.3) is 11.7 Å². The van der Waals surface area contributed by atoms with Crippen LogP contribution in [0.15, 0.2) is 27.1 Å². The number of aryl methyl sites for hydroxylation is 1. The average Bonchev–Trinajstić information content (AvgIpc) is 3.03. The average molecular weight is 289 g/mol. The molecule has 2 heterocycles. The lowest BCUT2D eigenvalue weighted by Crippen LogP contribution is -2.06. The number of anilines is 1. The number of nitrogens with zero attached hydrogens (tertiary/aromatic N) is 4. The molecule has 0 atom stereocenters. The van der Waals surface area contributed by atoms with Gasteiger partial charge in [0, 0.05) is 26.0 Å². The van der Waals surface area contributed by atoms with E-state index in [4.69, 9.17) is 8.94 Å². The molecule has 21 heavy (non-hydrogen) atoms. The summed E-state index contributed by atoms with van der Waals surface area (Å²) in [6, 6.07) is 4.57. The number of nitrogens with one attached hydrogen (secondary N) is 1. The molecule has 1 aromatic carbocycles. The third kappa shape index (κ3) is 2.81. The van der Waals surface area contributed by atoms with Gasteiger partial charge in [-0.25, -0.2) is 0 Å². The number of rotatable bonds is 5. The van der Waals surface area contributed by atoms with Crippen LogP contribution in [0.1, 0.15) is 11.7 Å². The second kappa shape index (κ2) is 5.19. The fourth-order valence-electron chi connectivity index (χ4n) is 1.83. The highest BCUT2D eigenvalue weighted by atomic mass is 16.6. The molecule has 0 aliphatic carbocycles. The number of non-ortho nitro benzene ring substituents is 1. The highest BCUT2D eigenvalue weighted by Gasteiger charge is 2.11. The van der Waals surface area contributed by atoms with Crippen molar-refractivity contribution in [1.29, 1.82) is 0 Å². The Hall–Kier alpha value is -2.97. The molecule has 0 saturated heterocycles. The minimum Gasteiger partial charge on any atom is -0.423 e. The van der Waals surface area contributed by atoms with Crippen LogP contribution in [0.5, 0.6) is 0 Å². The maximum absolute atomic E-state index is 10.7. The van der Waals surface area contributed by atoms with Gasteiger partial charge in [-0.15, -0.1) is 0 Å². The van der Waals surface area contributed by atoms with E-state index in [0.717, 1.165) is 0 Å². The van der Waals surface area contributed by atoms with E-state index in [-0.39, 0.29) is 5.69 Å². The molecule has 0 aliphatic heterocycles. The van der Waals surface area contributed by atoms with Crippen molar-refractivity contribution in [2.75, 3.05) is 11.9 Å². The molecule has 0 bridgehead atoms. The zero-order valence-electron chi connectivity index (χ0n) is 11.1. The van der Waals surface area contributed by atoms with E-state index in [0.29, 0.717) is 41.8 Å². The molecule has 9 heteroatoms. The number of hydrogen-bond donors (Lipinski definition) is 1. The van der Waals surface area contributed by atoms with Crippen LogP contribution in [0.25, 0.3) is 11.1 Å². The monoisotopic (exact) mass is 289 g/mol. The van der Waals surface area contributed by atoms with E-state index in [1.54, 1.807) is 13.0 Å². The van der Waals surface area contributed by atoms with Crippen molar-refractivity contribution in [1.82, 2.24) is 15.1 Å². The van der Waals surface area contributed by atoms with E-state index in [2.05, 4.69) is 20.4 Å². The Kier molecular flexibility index (Phi) is 3.22. The van der Waals surface area contributed by atoms with Crippen molar-refractivity contribution < 1.29 is 13.9 Å². The van der Waals surface area contributed by atoms with Crippen LogP contribution in [-0.4, -0.2) is 26.6 Å². The molecular weight excluding hydrogens is 278 g/mol. The van der Waals surface area contributed by atoms with E-state index < -0.39 is 4.92 Å². The summed E-state index contributed by atoms with van der Waals surface area (Å²) >= 11 is 0. The fourth-order valence-corrected chi connectivity index (χ4v) is 1.83. The maximum atomic E-state index is 10.7. The number of hydrogen-bond acceptors (Lipinski definition) is 8. The number of fused-ring (bicyclic) bond motifs is 1. The Morgan fingerprint density at radius 2 is 2.24 bits per heavy atom. The lowest BCUT2D eigenvalue weighted by atomic mass is 10.3. The minimum absolute atomic E-state index is 0.0347. The molecule has 3 rings (SSSR count). The smallest absolute Gasteiger partial charge is 0.295 e.